The van der Waals surface area contributed by atoms with Crippen LogP contribution in [0, 0.1) is 23.2 Å². The molecule has 0 spiro atoms. The van der Waals surface area contributed by atoms with E-state index in [9.17, 15) is 4.79 Å². The van der Waals surface area contributed by atoms with Crippen molar-refractivity contribution in [3.05, 3.63) is 0 Å². The zero-order chi connectivity index (χ0) is 14.3. The monoisotopic (exact) mass is 288 g/mol. The minimum absolute atomic E-state index is 0.0520. The molecule has 0 radical (unpaired) electrons. The molecular weight excluding hydrogens is 260 g/mol. The van der Waals surface area contributed by atoms with Gasteiger partial charge in [0.1, 0.15) is 0 Å². The van der Waals surface area contributed by atoms with Gasteiger partial charge in [-0.2, -0.15) is 5.10 Å². The van der Waals surface area contributed by atoms with E-state index in [1.54, 1.807) is 0 Å². The maximum absolute atomic E-state index is 12.8. The average molecular weight is 288 g/mol. The predicted molar refractivity (Wildman–Crippen MR) is 83.9 cm³/mol. The molecule has 0 aromatic rings. The molecule has 5 rings (SSSR count). The Morgan fingerprint density at radius 1 is 0.905 bits per heavy atom. The Morgan fingerprint density at radius 2 is 1.43 bits per heavy atom. The number of nitrogens with zero attached hydrogens (tertiary/aromatic N) is 1. The molecule has 4 bridgehead atoms. The van der Waals surface area contributed by atoms with Crippen LogP contribution in [0.15, 0.2) is 5.10 Å². The highest BCUT2D eigenvalue weighted by Crippen LogP contribution is 2.60. The molecule has 3 nitrogen and oxygen atoms in total. The highest BCUT2D eigenvalue weighted by Gasteiger charge is 2.54. The fourth-order valence-electron chi connectivity index (χ4n) is 5.89. The number of nitrogens with one attached hydrogen (secondary N) is 1. The Labute approximate surface area is 127 Å². The fraction of sp³-hybridized carbons (Fsp3) is 0.889. The van der Waals surface area contributed by atoms with Gasteiger partial charge in [0.2, 0.25) is 5.91 Å². The van der Waals surface area contributed by atoms with Crippen LogP contribution in [0.3, 0.4) is 0 Å². The summed E-state index contributed by atoms with van der Waals surface area (Å²) in [6.45, 7) is 0. The van der Waals surface area contributed by atoms with Crippen molar-refractivity contribution in [1.82, 2.24) is 5.43 Å². The molecule has 0 heterocycles. The third-order valence-corrected chi connectivity index (χ3v) is 6.52. The molecule has 5 saturated carbocycles. The Morgan fingerprint density at radius 3 is 1.95 bits per heavy atom. The number of hydrogen-bond acceptors (Lipinski definition) is 2. The summed E-state index contributed by atoms with van der Waals surface area (Å²) in [6.07, 6.45) is 14.9. The van der Waals surface area contributed by atoms with Crippen molar-refractivity contribution in [2.45, 2.75) is 77.0 Å². The van der Waals surface area contributed by atoms with Crippen molar-refractivity contribution in [3.63, 3.8) is 0 Å². The third kappa shape index (κ3) is 2.64. The Kier molecular flexibility index (Phi) is 3.55. The molecule has 3 heteroatoms. The van der Waals surface area contributed by atoms with E-state index >= 15 is 0 Å². The van der Waals surface area contributed by atoms with Gasteiger partial charge < -0.3 is 0 Å². The Hall–Kier alpha value is -0.860. The summed E-state index contributed by atoms with van der Waals surface area (Å²) in [6, 6.07) is 0. The van der Waals surface area contributed by atoms with Crippen LogP contribution >= 0.6 is 0 Å². The van der Waals surface area contributed by atoms with Crippen LogP contribution in [0.25, 0.3) is 0 Å². The van der Waals surface area contributed by atoms with Gasteiger partial charge in [0.25, 0.3) is 0 Å². The highest BCUT2D eigenvalue weighted by molar-refractivity contribution is 5.88. The van der Waals surface area contributed by atoms with E-state index in [-0.39, 0.29) is 11.3 Å². The van der Waals surface area contributed by atoms with Crippen LogP contribution in [-0.4, -0.2) is 11.6 Å². The second kappa shape index (κ2) is 5.40. The normalized spacial score (nSPS) is 41.7. The zero-order valence-electron chi connectivity index (χ0n) is 13.1. The van der Waals surface area contributed by atoms with E-state index in [0.29, 0.717) is 0 Å². The maximum Gasteiger partial charge on any atom is 0.246 e. The number of carbonyl (C=O) groups is 1. The summed E-state index contributed by atoms with van der Waals surface area (Å²) in [5.41, 5.74) is 4.16. The topological polar surface area (TPSA) is 41.5 Å². The lowest BCUT2D eigenvalue weighted by Crippen LogP contribution is -2.52. The van der Waals surface area contributed by atoms with Gasteiger partial charge in [-0.25, -0.2) is 5.43 Å². The van der Waals surface area contributed by atoms with Crippen LogP contribution in [0.1, 0.15) is 77.0 Å². The smallest absolute Gasteiger partial charge is 0.246 e. The van der Waals surface area contributed by atoms with Crippen molar-refractivity contribution in [2.24, 2.45) is 28.3 Å². The molecule has 5 aliphatic carbocycles. The lowest BCUT2D eigenvalue weighted by atomic mass is 9.49. The second-order valence-corrected chi connectivity index (χ2v) is 8.23. The molecule has 1 N–H and O–H groups in total. The van der Waals surface area contributed by atoms with Crippen molar-refractivity contribution in [3.8, 4) is 0 Å². The summed E-state index contributed by atoms with van der Waals surface area (Å²) >= 11 is 0. The summed E-state index contributed by atoms with van der Waals surface area (Å²) in [7, 11) is 0. The first-order valence-electron chi connectivity index (χ1n) is 9.09. The van der Waals surface area contributed by atoms with E-state index in [2.05, 4.69) is 10.5 Å². The molecule has 0 aliphatic heterocycles. The van der Waals surface area contributed by atoms with Crippen LogP contribution in [-0.2, 0) is 4.79 Å². The van der Waals surface area contributed by atoms with E-state index in [4.69, 9.17) is 0 Å². The van der Waals surface area contributed by atoms with Gasteiger partial charge in [-0.3, -0.25) is 4.79 Å². The van der Waals surface area contributed by atoms with Gasteiger partial charge >= 0.3 is 0 Å². The quantitative estimate of drug-likeness (QED) is 0.605. The van der Waals surface area contributed by atoms with Crippen LogP contribution < -0.4 is 5.43 Å². The molecule has 0 aromatic heterocycles. The van der Waals surface area contributed by atoms with Gasteiger partial charge in [0, 0.05) is 5.71 Å². The van der Waals surface area contributed by atoms with Gasteiger partial charge in [-0.1, -0.05) is 12.8 Å². The molecule has 0 atom stereocenters. The maximum atomic E-state index is 12.8. The van der Waals surface area contributed by atoms with E-state index < -0.39 is 0 Å². The number of rotatable bonds is 2. The van der Waals surface area contributed by atoms with Crippen LogP contribution in [0.5, 0.6) is 0 Å². The van der Waals surface area contributed by atoms with E-state index in [0.717, 1.165) is 49.9 Å². The molecule has 5 aliphatic rings. The third-order valence-electron chi connectivity index (χ3n) is 6.52. The number of amides is 1. The largest absolute Gasteiger partial charge is 0.273 e. The van der Waals surface area contributed by atoms with Crippen LogP contribution in [0.2, 0.25) is 0 Å². The second-order valence-electron chi connectivity index (χ2n) is 8.23. The lowest BCUT2D eigenvalue weighted by Gasteiger charge is -2.55. The molecule has 5 fully saturated rings. The van der Waals surface area contributed by atoms with Gasteiger partial charge in [0.15, 0.2) is 0 Å². The van der Waals surface area contributed by atoms with E-state index in [1.807, 2.05) is 0 Å². The van der Waals surface area contributed by atoms with Crippen molar-refractivity contribution in [2.75, 3.05) is 0 Å². The first kappa shape index (κ1) is 13.8. The molecular formula is C18H28N2O. The summed E-state index contributed by atoms with van der Waals surface area (Å²) in [5, 5.41) is 4.52. The zero-order valence-corrected chi connectivity index (χ0v) is 13.1. The SMILES string of the molecule is O=C(NN=C1CCCCCC1)C12CC3CC(CC(C3)C1)C2. The van der Waals surface area contributed by atoms with E-state index in [1.165, 1.54) is 50.7 Å². The predicted octanol–water partition coefficient (Wildman–Crippen LogP) is 4.03. The summed E-state index contributed by atoms with van der Waals surface area (Å²) < 4.78 is 0. The lowest BCUT2D eigenvalue weighted by molar-refractivity contribution is -0.146. The van der Waals surface area contributed by atoms with Gasteiger partial charge in [-0.15, -0.1) is 0 Å². The Balaban J connectivity index is 1.44. The number of hydrazone groups is 1. The summed E-state index contributed by atoms with van der Waals surface area (Å²) in [5.74, 6) is 2.73. The Bertz CT molecular complexity index is 409. The number of carbonyl (C=O) groups excluding carboxylic acids is 1. The van der Waals surface area contributed by atoms with Crippen molar-refractivity contribution < 1.29 is 4.79 Å². The fourth-order valence-corrected chi connectivity index (χ4v) is 5.89. The van der Waals surface area contributed by atoms with Gasteiger partial charge in [-0.05, 0) is 82.0 Å². The molecule has 0 unspecified atom stereocenters. The molecule has 1 amide bonds. The average Bonchev–Trinajstić information content (AvgIpc) is 2.72. The first-order chi connectivity index (χ1) is 10.2. The minimum atomic E-state index is -0.0520. The highest BCUT2D eigenvalue weighted by atomic mass is 16.2. The van der Waals surface area contributed by atoms with Crippen molar-refractivity contribution in [1.29, 1.82) is 0 Å². The minimum Gasteiger partial charge on any atom is -0.273 e. The summed E-state index contributed by atoms with van der Waals surface area (Å²) in [4.78, 5) is 12.8. The molecule has 116 valence electrons. The first-order valence-corrected chi connectivity index (χ1v) is 9.09. The molecule has 0 aromatic carbocycles. The van der Waals surface area contributed by atoms with Gasteiger partial charge in [0.05, 0.1) is 5.41 Å². The standard InChI is InChI=1S/C18H28N2O/c21-17(20-19-16-5-3-1-2-4-6-16)18-10-13-7-14(11-18)9-15(8-13)12-18/h13-15H,1-12H2,(H,20,21). The molecule has 0 saturated heterocycles. The molecule has 21 heavy (non-hydrogen) atoms. The van der Waals surface area contributed by atoms with Crippen molar-refractivity contribution >= 4 is 11.6 Å². The number of hydrogen-bond donors (Lipinski definition) is 1. The van der Waals surface area contributed by atoms with Crippen LogP contribution in [0.4, 0.5) is 0 Å².